The number of rotatable bonds is 14. The minimum Gasteiger partial charge on any atom is -0.326 e. The van der Waals surface area contributed by atoms with Crippen LogP contribution in [0, 0.1) is 0 Å². The zero-order chi connectivity index (χ0) is 36.7. The third-order valence-electron chi connectivity index (χ3n) is 8.30. The van der Waals surface area contributed by atoms with E-state index in [0.717, 1.165) is 36.8 Å². The van der Waals surface area contributed by atoms with Crippen LogP contribution in [0.15, 0.2) is 94.6 Å². The molecule has 5 aromatic rings. The molecule has 10 nitrogen and oxygen atoms in total. The van der Waals surface area contributed by atoms with Gasteiger partial charge in [0.25, 0.3) is 15.9 Å². The van der Waals surface area contributed by atoms with E-state index >= 15 is 0 Å². The molecule has 0 unspecified atom stereocenters. The molecule has 13 heteroatoms. The van der Waals surface area contributed by atoms with Crippen molar-refractivity contribution in [2.24, 2.45) is 0 Å². The van der Waals surface area contributed by atoms with Gasteiger partial charge in [0.15, 0.2) is 0 Å². The second-order valence-corrected chi connectivity index (χ2v) is 14.5. The molecule has 0 saturated heterocycles. The Hall–Kier alpha value is -4.71. The van der Waals surface area contributed by atoms with E-state index in [9.17, 15) is 22.8 Å². The van der Waals surface area contributed by atoms with Crippen LogP contribution in [0.2, 0.25) is 10.0 Å². The predicted molar refractivity (Wildman–Crippen MR) is 201 cm³/mol. The van der Waals surface area contributed by atoms with Gasteiger partial charge in [-0.15, -0.1) is 5.10 Å². The Balaban J connectivity index is 1.49. The van der Waals surface area contributed by atoms with Crippen molar-refractivity contribution < 1.29 is 18.0 Å². The number of amides is 2. The van der Waals surface area contributed by atoms with Gasteiger partial charge in [-0.3, -0.25) is 14.2 Å². The summed E-state index contributed by atoms with van der Waals surface area (Å²) in [5.41, 5.74) is 3.30. The average molecular weight is 749 g/mol. The minimum absolute atomic E-state index is 0.0476. The lowest BCUT2D eigenvalue weighted by molar-refractivity contribution is -0.115. The molecule has 0 aliphatic rings. The fourth-order valence-corrected chi connectivity index (χ4v) is 7.20. The zero-order valence-corrected chi connectivity index (χ0v) is 30.9. The normalized spacial score (nSPS) is 11.4. The van der Waals surface area contributed by atoms with Gasteiger partial charge in [0.05, 0.1) is 32.7 Å². The van der Waals surface area contributed by atoms with Crippen molar-refractivity contribution in [1.82, 2.24) is 19.1 Å². The van der Waals surface area contributed by atoms with Crippen LogP contribution in [0.25, 0.3) is 16.8 Å². The summed E-state index contributed by atoms with van der Waals surface area (Å²) in [5, 5.41) is 7.90. The van der Waals surface area contributed by atoms with Crippen LogP contribution in [0.1, 0.15) is 73.8 Å². The topological polar surface area (TPSA) is 132 Å². The van der Waals surface area contributed by atoms with Crippen LogP contribution in [0.4, 0.5) is 5.69 Å². The third kappa shape index (κ3) is 8.79. The Kier molecular flexibility index (Phi) is 12.2. The maximum absolute atomic E-state index is 13.9. The van der Waals surface area contributed by atoms with Gasteiger partial charge >= 0.3 is 5.69 Å². The van der Waals surface area contributed by atoms with Crippen LogP contribution in [-0.4, -0.2) is 34.6 Å². The van der Waals surface area contributed by atoms with E-state index in [0.29, 0.717) is 46.2 Å². The largest absolute Gasteiger partial charge is 0.351 e. The molecule has 2 N–H and O–H groups in total. The molecule has 0 bridgehead atoms. The first-order valence-corrected chi connectivity index (χ1v) is 19.0. The molecule has 1 heterocycles. The van der Waals surface area contributed by atoms with E-state index < -0.39 is 15.9 Å². The lowest BCUT2D eigenvalue weighted by atomic mass is 10.00. The molecule has 0 radical (unpaired) electrons. The van der Waals surface area contributed by atoms with Crippen molar-refractivity contribution in [3.05, 3.63) is 128 Å². The van der Waals surface area contributed by atoms with E-state index in [4.69, 9.17) is 23.2 Å². The van der Waals surface area contributed by atoms with Gasteiger partial charge in [-0.25, -0.2) is 17.9 Å². The highest BCUT2D eigenvalue weighted by Gasteiger charge is 2.24. The van der Waals surface area contributed by atoms with Crippen LogP contribution < -0.4 is 15.7 Å². The molecule has 0 fully saturated rings. The number of aromatic nitrogens is 3. The number of hydrogen-bond acceptors (Lipinski definition) is 6. The van der Waals surface area contributed by atoms with Crippen molar-refractivity contribution >= 4 is 50.7 Å². The summed E-state index contributed by atoms with van der Waals surface area (Å²) in [6.07, 6.45) is 4.17. The molecular weight excluding hydrogens is 709 g/mol. The fourth-order valence-electron chi connectivity index (χ4n) is 5.61. The van der Waals surface area contributed by atoms with Gasteiger partial charge in [0.2, 0.25) is 5.91 Å². The van der Waals surface area contributed by atoms with E-state index in [-0.39, 0.29) is 33.6 Å². The Morgan fingerprint density at radius 1 is 0.824 bits per heavy atom. The summed E-state index contributed by atoms with van der Waals surface area (Å²) in [4.78, 5) is 38.8. The van der Waals surface area contributed by atoms with Crippen molar-refractivity contribution in [2.45, 2.75) is 70.7 Å². The zero-order valence-electron chi connectivity index (χ0n) is 28.6. The van der Waals surface area contributed by atoms with E-state index in [1.54, 1.807) is 60.0 Å². The second-order valence-electron chi connectivity index (χ2n) is 12.1. The lowest BCUT2D eigenvalue weighted by Gasteiger charge is -2.15. The van der Waals surface area contributed by atoms with E-state index in [1.807, 2.05) is 25.1 Å². The number of unbranched alkanes of at least 4 members (excludes halogenated alkanes) is 1. The van der Waals surface area contributed by atoms with Gasteiger partial charge in [0.1, 0.15) is 5.82 Å². The summed E-state index contributed by atoms with van der Waals surface area (Å²) in [6.45, 7) is 6.05. The number of carbonyl (C=O) groups is 2. The second kappa shape index (κ2) is 16.5. The molecule has 5 rings (SSSR count). The van der Waals surface area contributed by atoms with Gasteiger partial charge in [0, 0.05) is 24.1 Å². The third-order valence-corrected chi connectivity index (χ3v) is 10.3. The fraction of sp³-hybridized carbons (Fsp3) is 0.263. The highest BCUT2D eigenvalue weighted by Crippen LogP contribution is 2.30. The smallest absolute Gasteiger partial charge is 0.326 e. The first-order valence-electron chi connectivity index (χ1n) is 16.8. The quantitative estimate of drug-likeness (QED) is 0.119. The first-order chi connectivity index (χ1) is 24.4. The Morgan fingerprint density at radius 3 is 2.24 bits per heavy atom. The molecule has 0 aliphatic heterocycles. The van der Waals surface area contributed by atoms with Gasteiger partial charge in [-0.1, -0.05) is 99.3 Å². The number of hydrogen-bond donors (Lipinski definition) is 2. The number of nitrogens with zero attached hydrogens (tertiary/aromatic N) is 3. The summed E-state index contributed by atoms with van der Waals surface area (Å²) in [6, 6.07) is 23.5. The summed E-state index contributed by atoms with van der Waals surface area (Å²) >= 11 is 12.7. The maximum atomic E-state index is 13.9. The predicted octanol–water partition coefficient (Wildman–Crippen LogP) is 7.82. The molecule has 0 saturated carbocycles. The SMILES string of the molecule is CCCCc1nn(-c2cc(NC(=O)CC)ccc2Cl)c(=O)n1Cc1ccc(-c2cc(CCC)ccc2S(=O)(=O)NC(=O)c2ccccc2Cl)cc1. The van der Waals surface area contributed by atoms with Crippen LogP contribution >= 0.6 is 23.2 Å². The average Bonchev–Trinajstić information content (AvgIpc) is 3.42. The monoisotopic (exact) mass is 747 g/mol. The summed E-state index contributed by atoms with van der Waals surface area (Å²) < 4.78 is 32.3. The number of anilines is 1. The molecule has 0 atom stereocenters. The highest BCUT2D eigenvalue weighted by molar-refractivity contribution is 7.90. The summed E-state index contributed by atoms with van der Waals surface area (Å²) in [5.74, 6) is -0.417. The molecule has 2 amide bonds. The van der Waals surface area contributed by atoms with Gasteiger partial charge in [-0.2, -0.15) is 4.68 Å². The summed E-state index contributed by atoms with van der Waals surface area (Å²) in [7, 11) is -4.30. The minimum atomic E-state index is -4.30. The van der Waals surface area contributed by atoms with Crippen molar-refractivity contribution in [2.75, 3.05) is 5.32 Å². The molecular formula is C38H39Cl2N5O5S. The maximum Gasteiger partial charge on any atom is 0.351 e. The van der Waals surface area contributed by atoms with E-state index in [1.165, 1.54) is 22.9 Å². The molecule has 51 heavy (non-hydrogen) atoms. The standard InChI is InChI=1S/C38H39Cl2N5O5S/c1-4-7-13-35-42-45(33-23-28(19-20-32(33)40)41-36(46)6-3)38(48)44(35)24-26-14-17-27(18-15-26)30-22-25(10-5-2)16-21-34(30)51(49,50)43-37(47)29-11-8-9-12-31(29)39/h8-9,11-12,14-23H,4-7,10,13,24H2,1-3H3,(H,41,46)(H,43,47). The van der Waals surface area contributed by atoms with E-state index in [2.05, 4.69) is 22.1 Å². The Bertz CT molecular complexity index is 2230. The number of halogens is 2. The van der Waals surface area contributed by atoms with Crippen LogP contribution in [0.5, 0.6) is 0 Å². The Labute approximate surface area is 307 Å². The van der Waals surface area contributed by atoms with Gasteiger partial charge in [-0.05, 0) is 72.0 Å². The molecule has 1 aromatic heterocycles. The lowest BCUT2D eigenvalue weighted by Crippen LogP contribution is -2.31. The van der Waals surface area contributed by atoms with Crippen LogP contribution in [-0.2, 0) is 34.2 Å². The number of nitrogens with one attached hydrogen (secondary N) is 2. The molecule has 4 aromatic carbocycles. The number of benzene rings is 4. The van der Waals surface area contributed by atoms with Gasteiger partial charge < -0.3 is 5.32 Å². The molecule has 0 aliphatic carbocycles. The number of carbonyl (C=O) groups excluding carboxylic acids is 2. The van der Waals surface area contributed by atoms with Crippen molar-refractivity contribution in [3.63, 3.8) is 0 Å². The first kappa shape index (κ1) is 37.5. The van der Waals surface area contributed by atoms with Crippen LogP contribution in [0.3, 0.4) is 0 Å². The number of sulfonamides is 1. The van der Waals surface area contributed by atoms with Crippen molar-refractivity contribution in [1.29, 1.82) is 0 Å². The highest BCUT2D eigenvalue weighted by atomic mass is 35.5. The number of aryl methyl sites for hydroxylation is 2. The Morgan fingerprint density at radius 2 is 1.55 bits per heavy atom. The van der Waals surface area contributed by atoms with Crippen molar-refractivity contribution in [3.8, 4) is 16.8 Å². The molecule has 266 valence electrons. The molecule has 0 spiro atoms.